The Hall–Kier alpha value is -2.27. The van der Waals surface area contributed by atoms with Gasteiger partial charge in [-0.15, -0.1) is 0 Å². The molecule has 0 saturated carbocycles. The van der Waals surface area contributed by atoms with Crippen LogP contribution in [0.15, 0.2) is 24.3 Å². The predicted octanol–water partition coefficient (Wildman–Crippen LogP) is 1.93. The van der Waals surface area contributed by atoms with Crippen LogP contribution in [-0.4, -0.2) is 64.4 Å². The van der Waals surface area contributed by atoms with Crippen molar-refractivity contribution in [1.82, 2.24) is 10.2 Å². The number of benzene rings is 1. The molecule has 2 amide bonds. The molecular weight excluding hydrogens is 435 g/mol. The third-order valence-electron chi connectivity index (χ3n) is 5.02. The van der Waals surface area contributed by atoms with Crippen molar-refractivity contribution in [2.24, 2.45) is 5.73 Å². The molecule has 1 aliphatic rings. The Labute approximate surface area is 184 Å². The predicted molar refractivity (Wildman–Crippen MR) is 113 cm³/mol. The van der Waals surface area contributed by atoms with Gasteiger partial charge >= 0.3 is 12.1 Å². The Morgan fingerprint density at radius 1 is 1.26 bits per heavy atom. The molecule has 31 heavy (non-hydrogen) atoms. The molecule has 11 heteroatoms. The summed E-state index contributed by atoms with van der Waals surface area (Å²) in [6.07, 6.45) is -2.85. The topological polar surface area (TPSA) is 113 Å². The quantitative estimate of drug-likeness (QED) is 0.499. The van der Waals surface area contributed by atoms with Crippen LogP contribution in [-0.2, 0) is 20.8 Å². The summed E-state index contributed by atoms with van der Waals surface area (Å²) in [4.78, 5) is 34.7. The van der Waals surface area contributed by atoms with Gasteiger partial charge in [0.1, 0.15) is 0 Å². The van der Waals surface area contributed by atoms with E-state index in [0.717, 1.165) is 19.3 Å². The molecular formula is C20H28F3N3O4S. The van der Waals surface area contributed by atoms with Crippen LogP contribution in [0.25, 0.3) is 0 Å². The summed E-state index contributed by atoms with van der Waals surface area (Å²) in [5.74, 6) is -2.50. The van der Waals surface area contributed by atoms with Crippen molar-refractivity contribution in [1.29, 1.82) is 0 Å². The van der Waals surface area contributed by atoms with Crippen LogP contribution in [0.2, 0.25) is 0 Å². The van der Waals surface area contributed by atoms with E-state index in [4.69, 9.17) is 15.6 Å². The Morgan fingerprint density at radius 2 is 1.77 bits per heavy atom. The summed E-state index contributed by atoms with van der Waals surface area (Å²) in [7, 11) is 0. The molecule has 4 N–H and O–H groups in total. The molecule has 1 fully saturated rings. The van der Waals surface area contributed by atoms with Crippen molar-refractivity contribution in [3.05, 3.63) is 35.4 Å². The monoisotopic (exact) mass is 463 g/mol. The van der Waals surface area contributed by atoms with E-state index in [9.17, 15) is 22.8 Å². The maximum Gasteiger partial charge on any atom is 0.490 e. The number of aryl methyl sites for hydroxylation is 1. The second kappa shape index (κ2) is 11.4. The van der Waals surface area contributed by atoms with Crippen LogP contribution in [0.4, 0.5) is 13.2 Å². The number of rotatable bonds is 5. The maximum atomic E-state index is 12.2. The number of aliphatic carboxylic acids is 1. The Balaban J connectivity index is 0.000000592. The van der Waals surface area contributed by atoms with E-state index in [1.165, 1.54) is 11.1 Å². The van der Waals surface area contributed by atoms with E-state index in [0.29, 0.717) is 18.8 Å². The maximum absolute atomic E-state index is 12.2. The Morgan fingerprint density at radius 3 is 2.19 bits per heavy atom. The second-order valence-electron chi connectivity index (χ2n) is 7.48. The first-order valence-electron chi connectivity index (χ1n) is 9.60. The highest BCUT2D eigenvalue weighted by molar-refractivity contribution is 7.80. The second-order valence-corrected chi connectivity index (χ2v) is 7.85. The van der Waals surface area contributed by atoms with E-state index in [1.807, 2.05) is 12.1 Å². The molecule has 0 spiro atoms. The minimum atomic E-state index is -5.08. The molecule has 1 saturated heterocycles. The Kier molecular flexibility index (Phi) is 9.82. The first-order valence-corrected chi connectivity index (χ1v) is 10.2. The van der Waals surface area contributed by atoms with E-state index in [1.54, 1.807) is 11.8 Å². The molecule has 1 atom stereocenters. The molecule has 1 aromatic rings. The molecule has 1 heterocycles. The Bertz CT molecular complexity index is 781. The lowest BCUT2D eigenvalue weighted by atomic mass is 9.80. The molecule has 1 aliphatic heterocycles. The zero-order valence-corrected chi connectivity index (χ0v) is 18.3. The third kappa shape index (κ3) is 8.41. The molecule has 1 aromatic carbocycles. The number of carbonyl (C=O) groups is 3. The van der Waals surface area contributed by atoms with Crippen molar-refractivity contribution in [2.45, 2.75) is 50.9 Å². The van der Waals surface area contributed by atoms with Crippen LogP contribution in [0.5, 0.6) is 0 Å². The number of likely N-dealkylation sites (tertiary alicyclic amines) is 1. The fourth-order valence-corrected chi connectivity index (χ4v) is 3.52. The normalized spacial score (nSPS) is 16.5. The van der Waals surface area contributed by atoms with Gasteiger partial charge in [0.05, 0.1) is 6.04 Å². The smallest absolute Gasteiger partial charge is 0.475 e. The van der Waals surface area contributed by atoms with E-state index >= 15 is 0 Å². The summed E-state index contributed by atoms with van der Waals surface area (Å²) >= 11 is 4.10. The van der Waals surface area contributed by atoms with Gasteiger partial charge in [0.2, 0.25) is 11.8 Å². The summed E-state index contributed by atoms with van der Waals surface area (Å²) in [6.45, 7) is 4.84. The standard InChI is InChI=1S/C18H27N3O2S.C2HF3O2/c1-13-5-3-4-6-15(13)11-18(20-14(2)22)7-9-21(10-8-18)17(23)16(19)12-24;3-2(4,5)1(6)7/h3-6,16,24H,7-12,19H2,1-2H3,(H,20,22);(H,6,7)/t16-;/m0./s1. The number of hydrogen-bond donors (Lipinski definition) is 4. The fourth-order valence-electron chi connectivity index (χ4n) is 3.36. The summed E-state index contributed by atoms with van der Waals surface area (Å²) < 4.78 is 31.7. The van der Waals surface area contributed by atoms with E-state index < -0.39 is 18.2 Å². The largest absolute Gasteiger partial charge is 0.490 e. The minimum absolute atomic E-state index is 0.0320. The molecule has 174 valence electrons. The van der Waals surface area contributed by atoms with Gasteiger partial charge in [0.15, 0.2) is 0 Å². The number of alkyl halides is 3. The molecule has 0 bridgehead atoms. The van der Waals surface area contributed by atoms with Gasteiger partial charge in [-0.05, 0) is 37.3 Å². The minimum Gasteiger partial charge on any atom is -0.475 e. The number of piperidine rings is 1. The molecule has 0 radical (unpaired) electrons. The number of nitrogens with one attached hydrogen (secondary N) is 1. The van der Waals surface area contributed by atoms with Crippen LogP contribution >= 0.6 is 12.6 Å². The van der Waals surface area contributed by atoms with Crippen molar-refractivity contribution >= 4 is 30.4 Å². The number of carboxylic acids is 1. The number of amides is 2. The van der Waals surface area contributed by atoms with E-state index in [-0.39, 0.29) is 17.4 Å². The number of carboxylic acid groups (broad SMARTS) is 1. The van der Waals surface area contributed by atoms with Crippen LogP contribution in [0.3, 0.4) is 0 Å². The van der Waals surface area contributed by atoms with Gasteiger partial charge in [-0.1, -0.05) is 24.3 Å². The highest BCUT2D eigenvalue weighted by atomic mass is 32.1. The lowest BCUT2D eigenvalue weighted by Crippen LogP contribution is -2.58. The van der Waals surface area contributed by atoms with E-state index in [2.05, 4.69) is 37.0 Å². The molecule has 0 unspecified atom stereocenters. The fraction of sp³-hybridized carbons (Fsp3) is 0.550. The number of nitrogens with zero attached hydrogens (tertiary/aromatic N) is 1. The molecule has 0 aromatic heterocycles. The summed E-state index contributed by atoms with van der Waals surface area (Å²) in [5.41, 5.74) is 7.95. The molecule has 7 nitrogen and oxygen atoms in total. The van der Waals surface area contributed by atoms with Crippen molar-refractivity contribution in [3.63, 3.8) is 0 Å². The number of thiol groups is 1. The average Bonchev–Trinajstić information content (AvgIpc) is 2.68. The highest BCUT2D eigenvalue weighted by Gasteiger charge is 2.38. The average molecular weight is 464 g/mol. The summed E-state index contributed by atoms with van der Waals surface area (Å²) in [5, 5.41) is 10.3. The van der Waals surface area contributed by atoms with Crippen LogP contribution < -0.4 is 11.1 Å². The molecule has 0 aliphatic carbocycles. The van der Waals surface area contributed by atoms with Crippen molar-refractivity contribution < 1.29 is 32.7 Å². The SMILES string of the molecule is CC(=O)NC1(Cc2ccccc2C)CCN(C(=O)[C@@H](N)CS)CC1.O=C(O)C(F)(F)F. The number of nitrogens with two attached hydrogens (primary N) is 1. The van der Waals surface area contributed by atoms with Crippen molar-refractivity contribution in [3.8, 4) is 0 Å². The highest BCUT2D eigenvalue weighted by Crippen LogP contribution is 2.28. The first kappa shape index (κ1) is 26.8. The first-order chi connectivity index (χ1) is 14.3. The van der Waals surface area contributed by atoms with Gasteiger partial charge in [0.25, 0.3) is 0 Å². The van der Waals surface area contributed by atoms with Gasteiger partial charge in [-0.3, -0.25) is 9.59 Å². The molecule has 2 rings (SSSR count). The van der Waals surface area contributed by atoms with Gasteiger partial charge in [-0.25, -0.2) is 4.79 Å². The zero-order chi connectivity index (χ0) is 23.8. The lowest BCUT2D eigenvalue weighted by Gasteiger charge is -2.43. The van der Waals surface area contributed by atoms with Crippen molar-refractivity contribution in [2.75, 3.05) is 18.8 Å². The summed E-state index contributed by atoms with van der Waals surface area (Å²) in [6, 6.07) is 7.67. The zero-order valence-electron chi connectivity index (χ0n) is 17.4. The number of halogens is 3. The van der Waals surface area contributed by atoms with Gasteiger partial charge in [0, 0.05) is 31.3 Å². The van der Waals surface area contributed by atoms with Crippen LogP contribution in [0, 0.1) is 6.92 Å². The van der Waals surface area contributed by atoms with Gasteiger partial charge < -0.3 is 21.1 Å². The lowest BCUT2D eigenvalue weighted by molar-refractivity contribution is -0.192. The number of carbonyl (C=O) groups excluding carboxylic acids is 2. The van der Waals surface area contributed by atoms with Crippen LogP contribution in [0.1, 0.15) is 30.9 Å². The third-order valence-corrected chi connectivity index (χ3v) is 5.41. The number of hydrogen-bond acceptors (Lipinski definition) is 5. The van der Waals surface area contributed by atoms with Gasteiger partial charge in [-0.2, -0.15) is 25.8 Å².